The molecule has 0 unspecified atom stereocenters. The van der Waals surface area contributed by atoms with Gasteiger partial charge in [0.15, 0.2) is 0 Å². The molecular weight excluding hydrogens is 112 g/mol. The highest BCUT2D eigenvalue weighted by molar-refractivity contribution is 8.78. The van der Waals surface area contributed by atoms with E-state index < -0.39 is 0 Å². The van der Waals surface area contributed by atoms with E-state index in [9.17, 15) is 0 Å². The average Bonchev–Trinajstić information content (AvgIpc) is 1.86. The van der Waals surface area contributed by atoms with E-state index in [0.717, 1.165) is 0 Å². The van der Waals surface area contributed by atoms with Crippen molar-refractivity contribution in [1.82, 2.24) is 0 Å². The van der Waals surface area contributed by atoms with E-state index in [-0.39, 0.29) is 0 Å². The second-order valence-electron chi connectivity index (χ2n) is 1.18. The summed E-state index contributed by atoms with van der Waals surface area (Å²) in [5.41, 5.74) is 0. The fraction of sp³-hybridized carbons (Fsp3) is 0.500. The van der Waals surface area contributed by atoms with Crippen molar-refractivity contribution < 1.29 is 0 Å². The van der Waals surface area contributed by atoms with Crippen molar-refractivity contribution in [3.8, 4) is 0 Å². The summed E-state index contributed by atoms with van der Waals surface area (Å²) in [5, 5.41) is 0. The maximum atomic E-state index is 2.25. The molecule has 1 heterocycles. The van der Waals surface area contributed by atoms with Crippen LogP contribution in [0, 0.1) is 0 Å². The van der Waals surface area contributed by atoms with Crippen LogP contribution in [0.25, 0.3) is 0 Å². The van der Waals surface area contributed by atoms with E-state index >= 15 is 0 Å². The van der Waals surface area contributed by atoms with Crippen LogP contribution >= 0.6 is 21.6 Å². The molecule has 34 valence electrons. The molecule has 0 saturated carbocycles. The molecule has 1 aliphatic rings. The van der Waals surface area contributed by atoms with E-state index in [1.807, 2.05) is 21.6 Å². The Bertz CT molecular complexity index is 75.6. The molecular formula is C4H6S2. The van der Waals surface area contributed by atoms with Gasteiger partial charge in [-0.05, 0) is 11.8 Å². The molecule has 0 aromatic rings. The fourth-order valence-corrected chi connectivity index (χ4v) is 2.31. The number of rotatable bonds is 0. The number of allylic oxidation sites excluding steroid dienone is 1. The predicted octanol–water partition coefficient (Wildman–Crippen LogP) is 2.29. The molecule has 2 heteroatoms. The Morgan fingerprint density at radius 2 is 2.67 bits per heavy atom. The first-order chi connectivity index (χ1) is 2.89. The third-order valence-electron chi connectivity index (χ3n) is 0.629. The van der Waals surface area contributed by atoms with E-state index in [0.29, 0.717) is 0 Å². The van der Waals surface area contributed by atoms with Gasteiger partial charge < -0.3 is 0 Å². The summed E-state index contributed by atoms with van der Waals surface area (Å²) in [5.74, 6) is 1.20. The molecule has 0 N–H and O–H groups in total. The van der Waals surface area contributed by atoms with Gasteiger partial charge in [-0.25, -0.2) is 0 Å². The van der Waals surface area contributed by atoms with E-state index in [1.165, 1.54) is 10.7 Å². The third kappa shape index (κ3) is 0.949. The minimum atomic E-state index is 1.20. The average molecular weight is 118 g/mol. The van der Waals surface area contributed by atoms with Crippen molar-refractivity contribution in [3.05, 3.63) is 11.0 Å². The van der Waals surface area contributed by atoms with Gasteiger partial charge in [0.2, 0.25) is 0 Å². The Morgan fingerprint density at radius 1 is 1.83 bits per heavy atom. The molecule has 0 radical (unpaired) electrons. The van der Waals surface area contributed by atoms with Crippen LogP contribution in [0.1, 0.15) is 6.92 Å². The normalized spacial score (nSPS) is 21.2. The first-order valence-corrected chi connectivity index (χ1v) is 4.18. The molecule has 0 amide bonds. The van der Waals surface area contributed by atoms with Crippen LogP contribution in [0.4, 0.5) is 0 Å². The Morgan fingerprint density at radius 3 is 2.83 bits per heavy atom. The van der Waals surface area contributed by atoms with Crippen LogP contribution in [-0.2, 0) is 0 Å². The molecule has 1 rings (SSSR count). The maximum absolute atomic E-state index is 2.25. The maximum Gasteiger partial charge on any atom is 0.0231 e. The summed E-state index contributed by atoms with van der Waals surface area (Å²) in [6.07, 6.45) is 2.25. The van der Waals surface area contributed by atoms with Crippen molar-refractivity contribution in [2.24, 2.45) is 0 Å². The second kappa shape index (κ2) is 1.94. The van der Waals surface area contributed by atoms with E-state index in [4.69, 9.17) is 0 Å². The van der Waals surface area contributed by atoms with Crippen LogP contribution in [0.15, 0.2) is 11.0 Å². The minimum Gasteiger partial charge on any atom is -0.0851 e. The Balaban J connectivity index is 2.45. The topological polar surface area (TPSA) is 0 Å². The quantitative estimate of drug-likeness (QED) is 0.447. The molecule has 0 fully saturated rings. The molecule has 0 nitrogen and oxygen atoms in total. The molecule has 6 heavy (non-hydrogen) atoms. The second-order valence-corrected chi connectivity index (χ2v) is 3.77. The molecule has 0 aliphatic carbocycles. The minimum absolute atomic E-state index is 1.20. The zero-order valence-corrected chi connectivity index (χ0v) is 5.23. The number of hydrogen-bond donors (Lipinski definition) is 0. The largest absolute Gasteiger partial charge is 0.0851 e. The lowest BCUT2D eigenvalue weighted by Gasteiger charge is -1.79. The van der Waals surface area contributed by atoms with Gasteiger partial charge in [-0.3, -0.25) is 0 Å². The standard InChI is InChI=1S/C4H6S2/c1-4-2-3-5-6-4/h2H,3H2,1H3. The van der Waals surface area contributed by atoms with E-state index in [2.05, 4.69) is 13.0 Å². The summed E-state index contributed by atoms with van der Waals surface area (Å²) in [6.45, 7) is 2.14. The van der Waals surface area contributed by atoms with E-state index in [1.54, 1.807) is 0 Å². The van der Waals surface area contributed by atoms with Gasteiger partial charge in [-0.1, -0.05) is 27.7 Å². The molecule has 0 atom stereocenters. The van der Waals surface area contributed by atoms with Crippen molar-refractivity contribution in [2.75, 3.05) is 5.75 Å². The molecule has 0 bridgehead atoms. The summed E-state index contributed by atoms with van der Waals surface area (Å²) < 4.78 is 0. The lowest BCUT2D eigenvalue weighted by molar-refractivity contribution is 1.63. The Hall–Kier alpha value is 0.440. The summed E-state index contributed by atoms with van der Waals surface area (Å²) in [7, 11) is 3.78. The SMILES string of the molecule is CC1=CCSS1. The van der Waals surface area contributed by atoms with Gasteiger partial charge in [0.05, 0.1) is 0 Å². The third-order valence-corrected chi connectivity index (χ3v) is 3.03. The van der Waals surface area contributed by atoms with Gasteiger partial charge in [0, 0.05) is 5.75 Å². The van der Waals surface area contributed by atoms with Gasteiger partial charge in [-0.15, -0.1) is 0 Å². The van der Waals surface area contributed by atoms with Crippen molar-refractivity contribution in [2.45, 2.75) is 6.92 Å². The molecule has 0 saturated heterocycles. The summed E-state index contributed by atoms with van der Waals surface area (Å²) >= 11 is 0. The summed E-state index contributed by atoms with van der Waals surface area (Å²) in [6, 6.07) is 0. The van der Waals surface area contributed by atoms with Crippen LogP contribution in [0.5, 0.6) is 0 Å². The molecule has 0 spiro atoms. The highest BCUT2D eigenvalue weighted by Crippen LogP contribution is 2.35. The summed E-state index contributed by atoms with van der Waals surface area (Å²) in [4.78, 5) is 1.46. The predicted molar refractivity (Wildman–Crippen MR) is 33.8 cm³/mol. The monoisotopic (exact) mass is 118 g/mol. The van der Waals surface area contributed by atoms with Crippen molar-refractivity contribution >= 4 is 21.6 Å². The highest BCUT2D eigenvalue weighted by atomic mass is 33.1. The Labute approximate surface area is 45.8 Å². The molecule has 1 aliphatic heterocycles. The first-order valence-electron chi connectivity index (χ1n) is 1.86. The van der Waals surface area contributed by atoms with Gasteiger partial charge in [0.25, 0.3) is 0 Å². The fourth-order valence-electron chi connectivity index (χ4n) is 0.312. The Kier molecular flexibility index (Phi) is 1.48. The highest BCUT2D eigenvalue weighted by Gasteiger charge is 1.96. The van der Waals surface area contributed by atoms with Crippen LogP contribution < -0.4 is 0 Å². The lowest BCUT2D eigenvalue weighted by Crippen LogP contribution is -1.52. The van der Waals surface area contributed by atoms with Crippen molar-refractivity contribution in [1.29, 1.82) is 0 Å². The van der Waals surface area contributed by atoms with Gasteiger partial charge in [-0.2, -0.15) is 0 Å². The number of hydrogen-bond acceptors (Lipinski definition) is 2. The van der Waals surface area contributed by atoms with Crippen LogP contribution in [0.2, 0.25) is 0 Å². The zero-order valence-electron chi connectivity index (χ0n) is 3.60. The first kappa shape index (κ1) is 4.60. The van der Waals surface area contributed by atoms with Crippen LogP contribution in [-0.4, -0.2) is 5.75 Å². The zero-order chi connectivity index (χ0) is 4.41. The van der Waals surface area contributed by atoms with Gasteiger partial charge in [0.1, 0.15) is 0 Å². The molecule has 0 aromatic heterocycles. The molecule has 0 aromatic carbocycles. The van der Waals surface area contributed by atoms with Crippen LogP contribution in [0.3, 0.4) is 0 Å². The van der Waals surface area contributed by atoms with Gasteiger partial charge >= 0.3 is 0 Å². The smallest absolute Gasteiger partial charge is 0.0231 e. The lowest BCUT2D eigenvalue weighted by atomic mass is 10.6. The van der Waals surface area contributed by atoms with Crippen molar-refractivity contribution in [3.63, 3.8) is 0 Å².